The molecular weight excluding hydrogens is 280 g/mol. The summed E-state index contributed by atoms with van der Waals surface area (Å²) >= 11 is 0. The van der Waals surface area contributed by atoms with Crippen molar-refractivity contribution in [1.29, 1.82) is 0 Å². The van der Waals surface area contributed by atoms with Gasteiger partial charge in [0.15, 0.2) is 0 Å². The number of rotatable bonds is 7. The SMILES string of the molecule is C/C=C/C(CCc1ccccc1)[Si](C)(C)Cc1ccccc1. The van der Waals surface area contributed by atoms with Crippen molar-refractivity contribution >= 4 is 8.07 Å². The minimum atomic E-state index is -1.34. The van der Waals surface area contributed by atoms with Gasteiger partial charge in [-0.15, -0.1) is 0 Å². The normalized spacial score (nSPS) is 13.4. The smallest absolute Gasteiger partial charge is 0.0587 e. The van der Waals surface area contributed by atoms with Crippen molar-refractivity contribution in [2.75, 3.05) is 0 Å². The Morgan fingerprint density at radius 1 is 0.864 bits per heavy atom. The summed E-state index contributed by atoms with van der Waals surface area (Å²) in [5, 5.41) is 0. The van der Waals surface area contributed by atoms with Crippen LogP contribution < -0.4 is 0 Å². The first-order chi connectivity index (χ1) is 10.6. The molecule has 0 aliphatic carbocycles. The third kappa shape index (κ3) is 4.99. The number of aryl methyl sites for hydroxylation is 1. The molecule has 0 spiro atoms. The summed E-state index contributed by atoms with van der Waals surface area (Å²) < 4.78 is 0. The molecule has 0 heterocycles. The highest BCUT2D eigenvalue weighted by molar-refractivity contribution is 6.78. The van der Waals surface area contributed by atoms with Gasteiger partial charge in [0.25, 0.3) is 0 Å². The molecule has 0 saturated carbocycles. The van der Waals surface area contributed by atoms with Crippen molar-refractivity contribution in [2.24, 2.45) is 0 Å². The van der Waals surface area contributed by atoms with Crippen LogP contribution in [0.3, 0.4) is 0 Å². The van der Waals surface area contributed by atoms with Gasteiger partial charge in [-0.2, -0.15) is 0 Å². The van der Waals surface area contributed by atoms with E-state index in [0.29, 0.717) is 0 Å². The van der Waals surface area contributed by atoms with Gasteiger partial charge in [0.2, 0.25) is 0 Å². The highest BCUT2D eigenvalue weighted by Gasteiger charge is 2.29. The van der Waals surface area contributed by atoms with E-state index >= 15 is 0 Å². The fraction of sp³-hybridized carbons (Fsp3) is 0.333. The lowest BCUT2D eigenvalue weighted by molar-refractivity contribution is 0.808. The van der Waals surface area contributed by atoms with E-state index in [1.165, 1.54) is 30.0 Å². The molecule has 0 aliphatic heterocycles. The van der Waals surface area contributed by atoms with Crippen molar-refractivity contribution in [3.8, 4) is 0 Å². The molecule has 1 heteroatoms. The molecule has 2 rings (SSSR count). The first-order valence-electron chi connectivity index (χ1n) is 8.32. The number of benzene rings is 2. The van der Waals surface area contributed by atoms with Gasteiger partial charge in [0.05, 0.1) is 8.07 Å². The van der Waals surface area contributed by atoms with Crippen LogP contribution in [0, 0.1) is 0 Å². The van der Waals surface area contributed by atoms with Gasteiger partial charge >= 0.3 is 0 Å². The molecule has 0 fully saturated rings. The summed E-state index contributed by atoms with van der Waals surface area (Å²) in [7, 11) is -1.34. The standard InChI is InChI=1S/C21H28Si/c1-4-11-21(17-16-19-12-7-5-8-13-19)22(2,3)18-20-14-9-6-10-15-20/h4-15,21H,16-18H2,1-3H3/b11-4+. The highest BCUT2D eigenvalue weighted by atomic mass is 28.3. The van der Waals surface area contributed by atoms with E-state index in [0.717, 1.165) is 5.54 Å². The van der Waals surface area contributed by atoms with E-state index in [2.05, 4.69) is 92.8 Å². The Bertz CT molecular complexity index is 569. The largest absolute Gasteiger partial charge is 0.0917 e. The third-order valence-electron chi connectivity index (χ3n) is 4.52. The molecule has 0 saturated heterocycles. The van der Waals surface area contributed by atoms with Crippen molar-refractivity contribution in [3.05, 3.63) is 83.9 Å². The zero-order valence-electron chi connectivity index (χ0n) is 14.1. The highest BCUT2D eigenvalue weighted by Crippen LogP contribution is 2.31. The molecule has 1 unspecified atom stereocenters. The average Bonchev–Trinajstić information content (AvgIpc) is 2.53. The molecular formula is C21H28Si. The van der Waals surface area contributed by atoms with Gasteiger partial charge in [0, 0.05) is 0 Å². The van der Waals surface area contributed by atoms with Gasteiger partial charge < -0.3 is 0 Å². The molecule has 0 aromatic heterocycles. The van der Waals surface area contributed by atoms with Gasteiger partial charge in [-0.05, 0) is 36.9 Å². The van der Waals surface area contributed by atoms with Crippen LogP contribution in [0.25, 0.3) is 0 Å². The molecule has 22 heavy (non-hydrogen) atoms. The van der Waals surface area contributed by atoms with Crippen LogP contribution in [0.15, 0.2) is 72.8 Å². The summed E-state index contributed by atoms with van der Waals surface area (Å²) in [4.78, 5) is 0. The van der Waals surface area contributed by atoms with Gasteiger partial charge in [0.1, 0.15) is 0 Å². The van der Waals surface area contributed by atoms with Gasteiger partial charge in [-0.25, -0.2) is 0 Å². The number of hydrogen-bond acceptors (Lipinski definition) is 0. The van der Waals surface area contributed by atoms with E-state index in [-0.39, 0.29) is 0 Å². The molecule has 0 bridgehead atoms. The summed E-state index contributed by atoms with van der Waals surface area (Å²) in [6.45, 7) is 7.23. The van der Waals surface area contributed by atoms with E-state index in [9.17, 15) is 0 Å². The van der Waals surface area contributed by atoms with Crippen LogP contribution in [0.1, 0.15) is 24.5 Å². The second-order valence-corrected chi connectivity index (χ2v) is 11.9. The van der Waals surface area contributed by atoms with Crippen molar-refractivity contribution in [3.63, 3.8) is 0 Å². The Morgan fingerprint density at radius 2 is 1.41 bits per heavy atom. The lowest BCUT2D eigenvalue weighted by atomic mass is 10.1. The molecule has 0 aliphatic rings. The minimum absolute atomic E-state index is 0.734. The summed E-state index contributed by atoms with van der Waals surface area (Å²) in [6.07, 6.45) is 7.15. The first-order valence-corrected chi connectivity index (χ1v) is 11.6. The maximum atomic E-state index is 2.54. The third-order valence-corrected chi connectivity index (χ3v) is 8.33. The zero-order chi connectivity index (χ0) is 15.8. The Labute approximate surface area is 136 Å². The van der Waals surface area contributed by atoms with E-state index in [1.807, 2.05) is 0 Å². The summed E-state index contributed by atoms with van der Waals surface area (Å²) in [6, 6.07) is 23.1. The number of hydrogen-bond donors (Lipinski definition) is 0. The topological polar surface area (TPSA) is 0 Å². The van der Waals surface area contributed by atoms with E-state index in [1.54, 1.807) is 0 Å². The maximum absolute atomic E-state index is 2.54. The van der Waals surface area contributed by atoms with Crippen molar-refractivity contribution in [1.82, 2.24) is 0 Å². The predicted molar refractivity (Wildman–Crippen MR) is 101 cm³/mol. The van der Waals surface area contributed by atoms with Crippen LogP contribution in [-0.2, 0) is 12.5 Å². The van der Waals surface area contributed by atoms with Crippen molar-refractivity contribution < 1.29 is 0 Å². The average molecular weight is 309 g/mol. The van der Waals surface area contributed by atoms with Crippen molar-refractivity contribution in [2.45, 2.75) is 44.4 Å². The van der Waals surface area contributed by atoms with Crippen LogP contribution in [0.4, 0.5) is 0 Å². The first kappa shape index (κ1) is 16.8. The number of allylic oxidation sites excluding steroid dienone is 2. The lowest BCUT2D eigenvalue weighted by Gasteiger charge is -2.31. The maximum Gasteiger partial charge on any atom is 0.0587 e. The molecule has 0 amide bonds. The zero-order valence-corrected chi connectivity index (χ0v) is 15.1. The van der Waals surface area contributed by atoms with Crippen LogP contribution in [0.2, 0.25) is 18.6 Å². The predicted octanol–water partition coefficient (Wildman–Crippen LogP) is 6.06. The van der Waals surface area contributed by atoms with E-state index in [4.69, 9.17) is 0 Å². The van der Waals surface area contributed by atoms with E-state index < -0.39 is 8.07 Å². The molecule has 0 nitrogen and oxygen atoms in total. The Kier molecular flexibility index (Phi) is 6.20. The van der Waals surface area contributed by atoms with Crippen LogP contribution >= 0.6 is 0 Å². The lowest BCUT2D eigenvalue weighted by Crippen LogP contribution is -2.35. The summed E-state index contributed by atoms with van der Waals surface area (Å²) in [5.41, 5.74) is 3.69. The molecule has 0 N–H and O–H groups in total. The molecule has 116 valence electrons. The fourth-order valence-corrected chi connectivity index (χ4v) is 6.39. The Balaban J connectivity index is 2.05. The van der Waals surface area contributed by atoms with Gasteiger partial charge in [-0.1, -0.05) is 91.5 Å². The second-order valence-electron chi connectivity index (χ2n) is 6.81. The van der Waals surface area contributed by atoms with Crippen LogP contribution in [-0.4, -0.2) is 8.07 Å². The Hall–Kier alpha value is -1.60. The van der Waals surface area contributed by atoms with Crippen LogP contribution in [0.5, 0.6) is 0 Å². The monoisotopic (exact) mass is 308 g/mol. The summed E-state index contributed by atoms with van der Waals surface area (Å²) in [5.74, 6) is 0. The van der Waals surface area contributed by atoms with Gasteiger partial charge in [-0.3, -0.25) is 0 Å². The molecule has 0 radical (unpaired) electrons. The fourth-order valence-electron chi connectivity index (χ4n) is 3.20. The molecule has 2 aromatic rings. The quantitative estimate of drug-likeness (QED) is 0.431. The Morgan fingerprint density at radius 3 is 1.95 bits per heavy atom. The minimum Gasteiger partial charge on any atom is -0.0917 e. The molecule has 1 atom stereocenters. The second kappa shape index (κ2) is 8.14. The molecule has 2 aromatic carbocycles.